The Morgan fingerprint density at radius 3 is 2.39 bits per heavy atom. The molecular formula is C14H16CoN4O4. The van der Waals surface area contributed by atoms with Crippen LogP contribution in [0.3, 0.4) is 0 Å². The van der Waals surface area contributed by atoms with Gasteiger partial charge in [0.1, 0.15) is 5.75 Å². The molecule has 125 valence electrons. The molecule has 23 heavy (non-hydrogen) atoms. The molecule has 0 aliphatic carbocycles. The Balaban J connectivity index is 0. The summed E-state index contributed by atoms with van der Waals surface area (Å²) >= 11 is 0. The molecule has 9 heteroatoms. The summed E-state index contributed by atoms with van der Waals surface area (Å²) in [5, 5.41) is 14.8. The van der Waals surface area contributed by atoms with E-state index in [1.807, 2.05) is 18.2 Å². The number of methoxy groups -OCH3 is 1. The van der Waals surface area contributed by atoms with Crippen LogP contribution in [0.2, 0.25) is 0 Å². The number of para-hydroxylation sites is 1. The molecule has 0 saturated heterocycles. The van der Waals surface area contributed by atoms with Crippen molar-refractivity contribution in [2.75, 3.05) is 7.11 Å². The first-order valence-corrected chi connectivity index (χ1v) is 5.87. The molecule has 8 nitrogen and oxygen atoms in total. The molecule has 1 aromatic heterocycles. The zero-order valence-electron chi connectivity index (χ0n) is 12.2. The molecule has 0 aliphatic heterocycles. The number of primary amides is 1. The smallest absolute Gasteiger partial charge is 0.870 e. The number of rotatable bonds is 3. The molecule has 4 N–H and O–H groups in total. The molecule has 2 rings (SSSR count). The summed E-state index contributed by atoms with van der Waals surface area (Å²) in [5.74, 6) is -0.110. The van der Waals surface area contributed by atoms with Gasteiger partial charge in [-0.1, -0.05) is 23.9 Å². The van der Waals surface area contributed by atoms with E-state index in [2.05, 4.69) is 15.5 Å². The van der Waals surface area contributed by atoms with E-state index in [1.165, 1.54) is 19.2 Å². The van der Waals surface area contributed by atoms with Crippen LogP contribution < -0.4 is 15.6 Å². The zero-order valence-corrected chi connectivity index (χ0v) is 13.2. The number of carbonyl (C=O) groups excluding carboxylic acids is 1. The van der Waals surface area contributed by atoms with E-state index >= 15 is 0 Å². The van der Waals surface area contributed by atoms with Crippen molar-refractivity contribution in [3.8, 4) is 11.5 Å². The molecule has 1 aromatic carbocycles. The molecule has 0 atom stereocenters. The fraction of sp³-hybridized carbons (Fsp3) is 0.0714. The van der Waals surface area contributed by atoms with Gasteiger partial charge in [0.2, 0.25) is 0 Å². The number of hydrogen-bond donors (Lipinski definition) is 1. The van der Waals surface area contributed by atoms with E-state index in [0.29, 0.717) is 0 Å². The van der Waals surface area contributed by atoms with E-state index in [1.54, 1.807) is 18.5 Å². The molecular weight excluding hydrogens is 347 g/mol. The average Bonchev–Trinajstić information content (AvgIpc) is 2.51. The summed E-state index contributed by atoms with van der Waals surface area (Å²) in [6.45, 7) is 0. The number of aromatic nitrogens is 1. The summed E-state index contributed by atoms with van der Waals surface area (Å²) in [5.41, 5.74) is 8.05. The number of nitrogens with two attached hydrogens (primary N) is 1. The van der Waals surface area contributed by atoms with Crippen LogP contribution in [0.15, 0.2) is 53.9 Å². The summed E-state index contributed by atoms with van der Waals surface area (Å²) in [6.07, 6.45) is 4.65. The van der Waals surface area contributed by atoms with Crippen molar-refractivity contribution in [2.24, 2.45) is 10.8 Å². The number of nitrogens with zero attached hydrogens (tertiary/aromatic N) is 3. The molecule has 1 heterocycles. The van der Waals surface area contributed by atoms with Gasteiger partial charge in [-0.25, -0.2) is 0 Å². The van der Waals surface area contributed by atoms with Gasteiger partial charge in [-0.15, -0.1) is 0 Å². The normalized spacial score (nSPS) is 8.74. The molecule has 0 bridgehead atoms. The fourth-order valence-corrected chi connectivity index (χ4v) is 1.26. The molecule has 2 amide bonds. The molecule has 1 radical (unpaired) electrons. The second kappa shape index (κ2) is 13.1. The van der Waals surface area contributed by atoms with E-state index in [4.69, 9.17) is 10.5 Å². The van der Waals surface area contributed by atoms with Gasteiger partial charge in [0.15, 0.2) is 6.03 Å². The summed E-state index contributed by atoms with van der Waals surface area (Å²) in [4.78, 5) is 14.0. The van der Waals surface area contributed by atoms with Crippen molar-refractivity contribution in [1.82, 2.24) is 4.98 Å². The van der Waals surface area contributed by atoms with Crippen LogP contribution in [0.25, 0.3) is 5.43 Å². The second-order valence-corrected chi connectivity index (χ2v) is 3.59. The van der Waals surface area contributed by atoms with Crippen molar-refractivity contribution in [1.29, 1.82) is 0 Å². The maximum Gasteiger partial charge on any atom is 2.00 e. The third-order valence-electron chi connectivity index (χ3n) is 2.15. The monoisotopic (exact) mass is 363 g/mol. The Morgan fingerprint density at radius 1 is 1.30 bits per heavy atom. The molecule has 0 spiro atoms. The minimum Gasteiger partial charge on any atom is -0.870 e. The number of urea groups is 1. The molecule has 0 fully saturated rings. The van der Waals surface area contributed by atoms with Crippen LogP contribution in [-0.4, -0.2) is 29.8 Å². The van der Waals surface area contributed by atoms with Gasteiger partial charge >= 0.3 is 16.8 Å². The predicted octanol–water partition coefficient (Wildman–Crippen LogP) is 0.809. The quantitative estimate of drug-likeness (QED) is 0.635. The van der Waals surface area contributed by atoms with Crippen molar-refractivity contribution >= 4 is 12.2 Å². The maximum absolute atomic E-state index is 11.5. The Bertz CT molecular complexity index is 570. The van der Waals surface area contributed by atoms with Gasteiger partial charge in [0.25, 0.3) is 0 Å². The number of amides is 2. The van der Waals surface area contributed by atoms with Crippen LogP contribution >= 0.6 is 0 Å². The topological polar surface area (TPSA) is 146 Å². The van der Waals surface area contributed by atoms with Gasteiger partial charge in [-0.3, -0.25) is 14.9 Å². The standard InChI is InChI=1S/C9H11N3O3.C5H5N.Co.H2O/c1-15-7-4-2-3-6(8(7)13)5-11-12-9(10)14;1-2-4-6-5-3-1;;/h2-5H,1H3,(H4,10,11,12,13,14);1-5H;;1H2/q;;+2;/p-2. The summed E-state index contributed by atoms with van der Waals surface area (Å²) in [6, 6.07) is 9.50. The first kappa shape index (κ1) is 22.7. The first-order valence-electron chi connectivity index (χ1n) is 5.87. The van der Waals surface area contributed by atoms with Crippen LogP contribution in [0.5, 0.6) is 11.5 Å². The summed E-state index contributed by atoms with van der Waals surface area (Å²) < 4.78 is 4.82. The van der Waals surface area contributed by atoms with Crippen LogP contribution in [0, 0.1) is 0 Å². The van der Waals surface area contributed by atoms with Crippen molar-refractivity contribution in [2.45, 2.75) is 0 Å². The van der Waals surface area contributed by atoms with E-state index in [0.717, 1.165) is 6.21 Å². The first-order chi connectivity index (χ1) is 10.1. The Morgan fingerprint density at radius 2 is 1.96 bits per heavy atom. The van der Waals surface area contributed by atoms with Crippen molar-refractivity contribution in [3.05, 3.63) is 59.8 Å². The number of hydrogen-bond acceptors (Lipinski definition) is 5. The molecule has 0 saturated carbocycles. The second-order valence-electron chi connectivity index (χ2n) is 3.59. The van der Waals surface area contributed by atoms with Crippen LogP contribution in [0.1, 0.15) is 5.56 Å². The van der Waals surface area contributed by atoms with Gasteiger partial charge in [-0.2, -0.15) is 0 Å². The SMILES string of the molecule is COc1cccc(C=N[N-]C(N)=O)c1[O-].O.[Co+2].c1ccncc1. The van der Waals surface area contributed by atoms with Crippen molar-refractivity contribution < 1.29 is 36.9 Å². The van der Waals surface area contributed by atoms with E-state index < -0.39 is 6.03 Å². The number of benzene rings is 1. The number of ether oxygens (including phenoxy) is 1. The molecule has 0 aliphatic rings. The minimum absolute atomic E-state index is 0. The minimum atomic E-state index is -0.915. The Kier molecular flexibility index (Phi) is 12.9. The van der Waals surface area contributed by atoms with E-state index in [9.17, 15) is 9.90 Å². The number of pyridine rings is 1. The summed E-state index contributed by atoms with van der Waals surface area (Å²) in [7, 11) is 1.39. The Hall–Kier alpha value is -2.62. The third-order valence-corrected chi connectivity index (χ3v) is 2.15. The van der Waals surface area contributed by atoms with Gasteiger partial charge < -0.3 is 26.5 Å². The Labute approximate surface area is 143 Å². The zero-order chi connectivity index (χ0) is 15.5. The fourth-order valence-electron chi connectivity index (χ4n) is 1.26. The van der Waals surface area contributed by atoms with Gasteiger partial charge in [0, 0.05) is 18.6 Å². The third kappa shape index (κ3) is 9.09. The van der Waals surface area contributed by atoms with Crippen molar-refractivity contribution in [3.63, 3.8) is 0 Å². The van der Waals surface area contributed by atoms with Crippen LogP contribution in [0.4, 0.5) is 4.79 Å². The van der Waals surface area contributed by atoms with Gasteiger partial charge in [0.05, 0.1) is 7.11 Å². The van der Waals surface area contributed by atoms with Crippen LogP contribution in [-0.2, 0) is 16.8 Å². The van der Waals surface area contributed by atoms with E-state index in [-0.39, 0.29) is 39.3 Å². The molecule has 0 unspecified atom stereocenters. The average molecular weight is 363 g/mol. The number of carbonyl (C=O) groups is 1. The maximum atomic E-state index is 11.5. The largest absolute Gasteiger partial charge is 2.00 e. The molecule has 2 aromatic rings. The van der Waals surface area contributed by atoms with Gasteiger partial charge in [-0.05, 0) is 23.8 Å². The predicted molar refractivity (Wildman–Crippen MR) is 80.8 cm³/mol.